The molecule has 4 heteroatoms. The van der Waals surface area contributed by atoms with Gasteiger partial charge in [0.1, 0.15) is 0 Å². The lowest BCUT2D eigenvalue weighted by atomic mass is 10.1. The Morgan fingerprint density at radius 2 is 2.12 bits per heavy atom. The number of carbonyl (C=O) groups excluding carboxylic acids is 1. The molecule has 92 valence electrons. The number of carbonyl (C=O) groups is 1. The van der Waals surface area contributed by atoms with E-state index in [2.05, 4.69) is 10.5 Å². The van der Waals surface area contributed by atoms with Crippen molar-refractivity contribution in [1.29, 1.82) is 0 Å². The van der Waals surface area contributed by atoms with Gasteiger partial charge >= 0.3 is 0 Å². The summed E-state index contributed by atoms with van der Waals surface area (Å²) in [5.41, 5.74) is 4.08. The molecule has 1 aromatic carbocycles. The normalized spacial score (nSPS) is 11.4. The van der Waals surface area contributed by atoms with Crippen molar-refractivity contribution < 1.29 is 4.79 Å². The molecule has 0 aliphatic heterocycles. The van der Waals surface area contributed by atoms with Crippen molar-refractivity contribution in [2.45, 2.75) is 33.1 Å². The van der Waals surface area contributed by atoms with Gasteiger partial charge in [-0.15, -0.1) is 0 Å². The second-order valence-electron chi connectivity index (χ2n) is 3.82. The van der Waals surface area contributed by atoms with Crippen molar-refractivity contribution in [1.82, 2.24) is 5.43 Å². The number of hydrogen-bond acceptors (Lipinski definition) is 2. The van der Waals surface area contributed by atoms with E-state index in [1.807, 2.05) is 32.0 Å². The second kappa shape index (κ2) is 7.07. The topological polar surface area (TPSA) is 41.5 Å². The first-order valence-corrected chi connectivity index (χ1v) is 6.11. The average Bonchev–Trinajstić information content (AvgIpc) is 2.34. The summed E-state index contributed by atoms with van der Waals surface area (Å²) < 4.78 is 0. The molecule has 0 radical (unpaired) electrons. The largest absolute Gasteiger partial charge is 0.273 e. The number of benzene rings is 1. The Kier molecular flexibility index (Phi) is 5.70. The van der Waals surface area contributed by atoms with E-state index in [4.69, 9.17) is 11.6 Å². The van der Waals surface area contributed by atoms with E-state index in [0.717, 1.165) is 18.4 Å². The molecule has 1 amide bonds. The first-order chi connectivity index (χ1) is 8.15. The van der Waals surface area contributed by atoms with Gasteiger partial charge in [0.2, 0.25) is 5.91 Å². The summed E-state index contributed by atoms with van der Waals surface area (Å²) in [5, 5.41) is 4.68. The number of nitrogens with one attached hydrogen (secondary N) is 1. The van der Waals surface area contributed by atoms with Crippen LogP contribution in [0.15, 0.2) is 29.4 Å². The van der Waals surface area contributed by atoms with Crippen LogP contribution in [0.3, 0.4) is 0 Å². The van der Waals surface area contributed by atoms with Gasteiger partial charge < -0.3 is 0 Å². The predicted molar refractivity (Wildman–Crippen MR) is 71.3 cm³/mol. The van der Waals surface area contributed by atoms with Crippen LogP contribution in [-0.4, -0.2) is 11.6 Å². The quantitative estimate of drug-likeness (QED) is 0.634. The number of unbranched alkanes of at least 4 members (excludes halogenated alkanes) is 1. The number of nitrogens with zero attached hydrogens (tertiary/aromatic N) is 1. The molecule has 0 heterocycles. The number of hydrazone groups is 1. The second-order valence-corrected chi connectivity index (χ2v) is 4.22. The number of rotatable bonds is 5. The Labute approximate surface area is 107 Å². The molecule has 1 N–H and O–H groups in total. The highest BCUT2D eigenvalue weighted by Gasteiger charge is 2.03. The Bertz CT molecular complexity index is 416. The van der Waals surface area contributed by atoms with E-state index in [1.54, 1.807) is 6.07 Å². The summed E-state index contributed by atoms with van der Waals surface area (Å²) in [7, 11) is 0. The highest BCUT2D eigenvalue weighted by atomic mass is 35.5. The van der Waals surface area contributed by atoms with Crippen LogP contribution in [0.1, 0.15) is 38.7 Å². The van der Waals surface area contributed by atoms with Gasteiger partial charge in [-0.3, -0.25) is 4.79 Å². The number of halogens is 1. The molecule has 0 saturated carbocycles. The van der Waals surface area contributed by atoms with E-state index in [-0.39, 0.29) is 5.91 Å². The van der Waals surface area contributed by atoms with Crippen LogP contribution in [-0.2, 0) is 4.79 Å². The van der Waals surface area contributed by atoms with E-state index in [0.29, 0.717) is 17.2 Å². The molecule has 0 fully saturated rings. The highest BCUT2D eigenvalue weighted by Crippen LogP contribution is 2.15. The summed E-state index contributed by atoms with van der Waals surface area (Å²) >= 11 is 6.02. The van der Waals surface area contributed by atoms with Crippen LogP contribution in [0, 0.1) is 0 Å². The van der Waals surface area contributed by atoms with Crippen LogP contribution in [0.5, 0.6) is 0 Å². The first kappa shape index (κ1) is 13.7. The third-order valence-electron chi connectivity index (χ3n) is 2.37. The van der Waals surface area contributed by atoms with Gasteiger partial charge in [0, 0.05) is 17.0 Å². The Morgan fingerprint density at radius 1 is 1.41 bits per heavy atom. The van der Waals surface area contributed by atoms with Crippen LogP contribution < -0.4 is 5.43 Å². The molecule has 1 rings (SSSR count). The molecule has 1 aromatic rings. The lowest BCUT2D eigenvalue weighted by molar-refractivity contribution is -0.121. The maximum atomic E-state index is 11.4. The molecule has 0 spiro atoms. The monoisotopic (exact) mass is 252 g/mol. The summed E-state index contributed by atoms with van der Waals surface area (Å²) in [4.78, 5) is 11.4. The molecule has 0 aliphatic carbocycles. The van der Waals surface area contributed by atoms with E-state index in [9.17, 15) is 4.79 Å². The third kappa shape index (κ3) is 4.57. The highest BCUT2D eigenvalue weighted by molar-refractivity contribution is 6.34. The molecular weight excluding hydrogens is 236 g/mol. The van der Waals surface area contributed by atoms with Gasteiger partial charge in [-0.2, -0.15) is 5.10 Å². The standard InChI is InChI=1S/C13H17ClN2O/c1-3-4-9-13(17)16-15-10(2)11-7-5-6-8-12(11)14/h5-8H,3-4,9H2,1-2H3,(H,16,17). The molecule has 0 saturated heterocycles. The van der Waals surface area contributed by atoms with Crippen molar-refractivity contribution in [3.8, 4) is 0 Å². The summed E-state index contributed by atoms with van der Waals surface area (Å²) in [5.74, 6) is -0.0572. The van der Waals surface area contributed by atoms with Crippen molar-refractivity contribution >= 4 is 23.2 Å². The minimum atomic E-state index is -0.0572. The van der Waals surface area contributed by atoms with Gasteiger partial charge in [0.25, 0.3) is 0 Å². The fourth-order valence-corrected chi connectivity index (χ4v) is 1.63. The molecule has 0 atom stereocenters. The Morgan fingerprint density at radius 3 is 2.76 bits per heavy atom. The Hall–Kier alpha value is -1.35. The minimum absolute atomic E-state index is 0.0572. The van der Waals surface area contributed by atoms with Crippen LogP contribution >= 0.6 is 11.6 Å². The van der Waals surface area contributed by atoms with Gasteiger partial charge in [-0.05, 0) is 19.4 Å². The SMILES string of the molecule is CCCCC(=O)NN=C(C)c1ccccc1Cl. The van der Waals surface area contributed by atoms with Gasteiger partial charge in [0.05, 0.1) is 5.71 Å². The fraction of sp³-hybridized carbons (Fsp3) is 0.385. The molecule has 0 aliphatic rings. The zero-order valence-electron chi connectivity index (χ0n) is 10.2. The molecule has 0 aromatic heterocycles. The summed E-state index contributed by atoms with van der Waals surface area (Å²) in [6.45, 7) is 3.87. The molecule has 3 nitrogen and oxygen atoms in total. The van der Waals surface area contributed by atoms with Crippen LogP contribution in [0.25, 0.3) is 0 Å². The average molecular weight is 253 g/mol. The van der Waals surface area contributed by atoms with E-state index >= 15 is 0 Å². The predicted octanol–water partition coefficient (Wildman–Crippen LogP) is 3.37. The maximum absolute atomic E-state index is 11.4. The zero-order chi connectivity index (χ0) is 12.7. The van der Waals surface area contributed by atoms with Crippen molar-refractivity contribution in [2.24, 2.45) is 5.10 Å². The summed E-state index contributed by atoms with van der Waals surface area (Å²) in [6, 6.07) is 7.42. The van der Waals surface area contributed by atoms with Crippen LogP contribution in [0.2, 0.25) is 5.02 Å². The lowest BCUT2D eigenvalue weighted by Gasteiger charge is -2.04. The molecular formula is C13H17ClN2O. The smallest absolute Gasteiger partial charge is 0.240 e. The van der Waals surface area contributed by atoms with Gasteiger partial charge in [-0.25, -0.2) is 5.43 Å². The van der Waals surface area contributed by atoms with Crippen molar-refractivity contribution in [3.05, 3.63) is 34.9 Å². The number of hydrogen-bond donors (Lipinski definition) is 1. The van der Waals surface area contributed by atoms with Gasteiger partial charge in [0.15, 0.2) is 0 Å². The summed E-state index contributed by atoms with van der Waals surface area (Å²) in [6.07, 6.45) is 2.39. The van der Waals surface area contributed by atoms with Crippen LogP contribution in [0.4, 0.5) is 0 Å². The van der Waals surface area contributed by atoms with E-state index in [1.165, 1.54) is 0 Å². The number of amides is 1. The van der Waals surface area contributed by atoms with Crippen molar-refractivity contribution in [3.63, 3.8) is 0 Å². The third-order valence-corrected chi connectivity index (χ3v) is 2.70. The fourth-order valence-electron chi connectivity index (χ4n) is 1.35. The molecule has 0 unspecified atom stereocenters. The molecule has 17 heavy (non-hydrogen) atoms. The van der Waals surface area contributed by atoms with E-state index < -0.39 is 0 Å². The Balaban J connectivity index is 2.61. The zero-order valence-corrected chi connectivity index (χ0v) is 10.9. The van der Waals surface area contributed by atoms with Gasteiger partial charge in [-0.1, -0.05) is 43.1 Å². The minimum Gasteiger partial charge on any atom is -0.273 e. The molecule has 0 bridgehead atoms. The van der Waals surface area contributed by atoms with Crippen molar-refractivity contribution in [2.75, 3.05) is 0 Å². The first-order valence-electron chi connectivity index (χ1n) is 5.73. The lowest BCUT2D eigenvalue weighted by Crippen LogP contribution is -2.18. The maximum Gasteiger partial charge on any atom is 0.240 e.